The molecule has 0 saturated carbocycles. The van der Waals surface area contributed by atoms with E-state index in [0.717, 1.165) is 17.8 Å². The van der Waals surface area contributed by atoms with Crippen LogP contribution in [0.1, 0.15) is 16.7 Å². The molecular weight excluding hydrogens is 206 g/mol. The van der Waals surface area contributed by atoms with Crippen molar-refractivity contribution in [1.82, 2.24) is 0 Å². The van der Waals surface area contributed by atoms with Crippen LogP contribution in [0, 0.1) is 19.3 Å². The van der Waals surface area contributed by atoms with Gasteiger partial charge in [0.15, 0.2) is 0 Å². The summed E-state index contributed by atoms with van der Waals surface area (Å²) in [4.78, 5) is 0. The summed E-state index contributed by atoms with van der Waals surface area (Å²) in [6.45, 7) is 2.94. The average molecular weight is 221 g/mol. The fourth-order valence-corrected chi connectivity index (χ4v) is 1.72. The van der Waals surface area contributed by atoms with Gasteiger partial charge in [-0.2, -0.15) is 0 Å². The van der Waals surface area contributed by atoms with E-state index in [4.69, 9.17) is 6.42 Å². The molecule has 0 unspecified atom stereocenters. The molecule has 0 fully saturated rings. The Bertz CT molecular complexity index is 549. The number of anilines is 1. The lowest BCUT2D eigenvalue weighted by molar-refractivity contribution is 1.12. The van der Waals surface area contributed by atoms with Crippen molar-refractivity contribution < 1.29 is 0 Å². The Morgan fingerprint density at radius 2 is 1.94 bits per heavy atom. The number of nitrogens with one attached hydrogen (secondary N) is 1. The number of hydrogen-bond donors (Lipinski definition) is 1. The molecule has 1 heteroatoms. The van der Waals surface area contributed by atoms with E-state index in [2.05, 4.69) is 42.4 Å². The van der Waals surface area contributed by atoms with Crippen LogP contribution in [0.5, 0.6) is 0 Å². The van der Waals surface area contributed by atoms with E-state index in [1.54, 1.807) is 0 Å². The summed E-state index contributed by atoms with van der Waals surface area (Å²) >= 11 is 0. The lowest BCUT2D eigenvalue weighted by Crippen LogP contribution is -2.01. The fourth-order valence-electron chi connectivity index (χ4n) is 1.72. The van der Waals surface area contributed by atoms with Crippen LogP contribution >= 0.6 is 0 Å². The maximum absolute atomic E-state index is 5.37. The van der Waals surface area contributed by atoms with Crippen molar-refractivity contribution in [3.8, 4) is 12.3 Å². The molecule has 0 aliphatic heterocycles. The number of aryl methyl sites for hydroxylation is 1. The minimum absolute atomic E-state index is 0.820. The van der Waals surface area contributed by atoms with Crippen molar-refractivity contribution in [3.63, 3.8) is 0 Å². The molecule has 0 spiro atoms. The third-order valence-electron chi connectivity index (χ3n) is 2.77. The van der Waals surface area contributed by atoms with Crippen molar-refractivity contribution in [2.24, 2.45) is 0 Å². The van der Waals surface area contributed by atoms with Gasteiger partial charge in [-0.05, 0) is 36.2 Å². The second-order valence-electron chi connectivity index (χ2n) is 4.01. The Labute approximate surface area is 102 Å². The van der Waals surface area contributed by atoms with E-state index in [9.17, 15) is 0 Å². The van der Waals surface area contributed by atoms with Crippen molar-refractivity contribution in [2.75, 3.05) is 5.32 Å². The molecule has 0 amide bonds. The quantitative estimate of drug-likeness (QED) is 0.781. The van der Waals surface area contributed by atoms with E-state index in [1.165, 1.54) is 11.1 Å². The van der Waals surface area contributed by atoms with Crippen LogP contribution < -0.4 is 5.32 Å². The first-order valence-electron chi connectivity index (χ1n) is 5.64. The number of benzene rings is 2. The van der Waals surface area contributed by atoms with Gasteiger partial charge in [-0.3, -0.25) is 0 Å². The third kappa shape index (κ3) is 2.89. The first-order valence-corrected chi connectivity index (χ1v) is 5.64. The lowest BCUT2D eigenvalue weighted by atomic mass is 10.1. The lowest BCUT2D eigenvalue weighted by Gasteiger charge is -2.09. The van der Waals surface area contributed by atoms with Gasteiger partial charge < -0.3 is 5.32 Å². The zero-order chi connectivity index (χ0) is 12.1. The molecule has 0 aliphatic carbocycles. The van der Waals surface area contributed by atoms with Crippen molar-refractivity contribution >= 4 is 5.69 Å². The highest BCUT2D eigenvalue weighted by molar-refractivity contribution is 5.50. The molecular formula is C16H15N. The zero-order valence-corrected chi connectivity index (χ0v) is 9.90. The van der Waals surface area contributed by atoms with Crippen LogP contribution in [0.25, 0.3) is 0 Å². The summed E-state index contributed by atoms with van der Waals surface area (Å²) in [6.07, 6.45) is 5.37. The smallest absolute Gasteiger partial charge is 0.0403 e. The highest BCUT2D eigenvalue weighted by atomic mass is 14.9. The Morgan fingerprint density at radius 3 is 2.71 bits per heavy atom. The Morgan fingerprint density at radius 1 is 1.12 bits per heavy atom. The van der Waals surface area contributed by atoms with Crippen LogP contribution in [0.3, 0.4) is 0 Å². The maximum atomic E-state index is 5.37. The van der Waals surface area contributed by atoms with Gasteiger partial charge >= 0.3 is 0 Å². The molecule has 1 N–H and O–H groups in total. The van der Waals surface area contributed by atoms with Gasteiger partial charge in [0.1, 0.15) is 0 Å². The fraction of sp³-hybridized carbons (Fsp3) is 0.125. The van der Waals surface area contributed by atoms with Crippen LogP contribution in [-0.4, -0.2) is 0 Å². The summed E-state index contributed by atoms with van der Waals surface area (Å²) in [7, 11) is 0. The molecule has 2 aromatic carbocycles. The molecule has 0 aromatic heterocycles. The van der Waals surface area contributed by atoms with Gasteiger partial charge in [0.25, 0.3) is 0 Å². The van der Waals surface area contributed by atoms with Gasteiger partial charge in [0.05, 0.1) is 0 Å². The largest absolute Gasteiger partial charge is 0.381 e. The number of rotatable bonds is 3. The monoisotopic (exact) mass is 221 g/mol. The average Bonchev–Trinajstić information content (AvgIpc) is 2.38. The molecule has 0 radical (unpaired) electrons. The molecule has 0 saturated heterocycles. The first kappa shape index (κ1) is 11.3. The Balaban J connectivity index is 2.08. The molecule has 0 aliphatic rings. The Hall–Kier alpha value is -2.20. The van der Waals surface area contributed by atoms with Gasteiger partial charge in [0, 0.05) is 17.8 Å². The highest BCUT2D eigenvalue weighted by Crippen LogP contribution is 2.13. The van der Waals surface area contributed by atoms with Crippen LogP contribution in [0.4, 0.5) is 5.69 Å². The van der Waals surface area contributed by atoms with Crippen LogP contribution in [0.15, 0.2) is 48.5 Å². The second kappa shape index (κ2) is 5.23. The predicted molar refractivity (Wildman–Crippen MR) is 72.9 cm³/mol. The molecule has 17 heavy (non-hydrogen) atoms. The topological polar surface area (TPSA) is 12.0 Å². The number of hydrogen-bond acceptors (Lipinski definition) is 1. The minimum Gasteiger partial charge on any atom is -0.381 e. The molecule has 84 valence electrons. The van der Waals surface area contributed by atoms with E-state index < -0.39 is 0 Å². The summed E-state index contributed by atoms with van der Waals surface area (Å²) < 4.78 is 0. The third-order valence-corrected chi connectivity index (χ3v) is 2.77. The van der Waals surface area contributed by atoms with Gasteiger partial charge in [0.2, 0.25) is 0 Å². The van der Waals surface area contributed by atoms with Crippen molar-refractivity contribution in [1.29, 1.82) is 0 Å². The molecule has 0 atom stereocenters. The molecule has 0 bridgehead atoms. The minimum atomic E-state index is 0.820. The van der Waals surface area contributed by atoms with E-state index in [0.29, 0.717) is 0 Å². The van der Waals surface area contributed by atoms with Crippen LogP contribution in [-0.2, 0) is 6.54 Å². The standard InChI is InChI=1S/C16H15N/c1-3-14-8-6-10-16(11-14)17-12-15-9-5-4-7-13(15)2/h1,4-11,17H,12H2,2H3. The first-order chi connectivity index (χ1) is 8.29. The molecule has 2 rings (SSSR count). The van der Waals surface area contributed by atoms with Gasteiger partial charge in [-0.15, -0.1) is 6.42 Å². The summed E-state index contributed by atoms with van der Waals surface area (Å²) in [6, 6.07) is 16.3. The second-order valence-corrected chi connectivity index (χ2v) is 4.01. The molecule has 2 aromatic rings. The summed E-state index contributed by atoms with van der Waals surface area (Å²) in [5.41, 5.74) is 4.57. The Kier molecular flexibility index (Phi) is 3.47. The van der Waals surface area contributed by atoms with Crippen LogP contribution in [0.2, 0.25) is 0 Å². The van der Waals surface area contributed by atoms with Gasteiger partial charge in [-0.25, -0.2) is 0 Å². The highest BCUT2D eigenvalue weighted by Gasteiger charge is 1.97. The number of terminal acetylenes is 1. The zero-order valence-electron chi connectivity index (χ0n) is 9.90. The summed E-state index contributed by atoms with van der Waals surface area (Å²) in [5.74, 6) is 2.64. The SMILES string of the molecule is C#Cc1cccc(NCc2ccccc2C)c1. The van der Waals surface area contributed by atoms with Gasteiger partial charge in [-0.1, -0.05) is 36.3 Å². The predicted octanol–water partition coefficient (Wildman–Crippen LogP) is 3.59. The van der Waals surface area contributed by atoms with Crippen molar-refractivity contribution in [3.05, 3.63) is 65.2 Å². The summed E-state index contributed by atoms with van der Waals surface area (Å²) in [5, 5.41) is 3.38. The van der Waals surface area contributed by atoms with E-state index in [-0.39, 0.29) is 0 Å². The van der Waals surface area contributed by atoms with Crippen molar-refractivity contribution in [2.45, 2.75) is 13.5 Å². The normalized spacial score (nSPS) is 9.65. The van der Waals surface area contributed by atoms with E-state index in [1.807, 2.05) is 24.3 Å². The molecule has 0 heterocycles. The maximum Gasteiger partial charge on any atom is 0.0403 e. The van der Waals surface area contributed by atoms with E-state index >= 15 is 0 Å². The molecule has 1 nitrogen and oxygen atoms in total.